The normalized spacial score (nSPS) is 15.2. The van der Waals surface area contributed by atoms with Crippen LogP contribution in [0.15, 0.2) is 36.0 Å². The number of ether oxygens (including phenoxy) is 1. The van der Waals surface area contributed by atoms with Gasteiger partial charge in [-0.15, -0.1) is 0 Å². The van der Waals surface area contributed by atoms with Crippen molar-refractivity contribution >= 4 is 28.8 Å². The Labute approximate surface area is 144 Å². The van der Waals surface area contributed by atoms with Gasteiger partial charge in [0.15, 0.2) is 0 Å². The Morgan fingerprint density at radius 3 is 2.68 bits per heavy atom. The smallest absolute Gasteiger partial charge is 0.264 e. The van der Waals surface area contributed by atoms with E-state index < -0.39 is 5.91 Å². The van der Waals surface area contributed by atoms with Gasteiger partial charge in [-0.1, -0.05) is 18.2 Å². The van der Waals surface area contributed by atoms with Crippen LogP contribution in [0.25, 0.3) is 17.0 Å². The number of rotatable bonds is 4. The molecule has 0 saturated carbocycles. The van der Waals surface area contributed by atoms with E-state index in [4.69, 9.17) is 10.5 Å². The molecule has 0 spiro atoms. The SMILES string of the molecule is N#C/C(=C/c1cn(CC(N)=O)c2ccccc12)C(=O)N1CCOCC1. The fourth-order valence-corrected chi connectivity index (χ4v) is 2.92. The molecule has 128 valence electrons. The quantitative estimate of drug-likeness (QED) is 0.661. The molecule has 0 atom stereocenters. The standard InChI is InChI=1S/C18H18N4O3/c19-10-13(18(24)21-5-7-25-8-6-21)9-14-11-22(12-17(20)23)16-4-2-1-3-15(14)16/h1-4,9,11H,5-8,12H2,(H2,20,23)/b13-9-. The van der Waals surface area contributed by atoms with Crippen molar-refractivity contribution in [1.29, 1.82) is 5.26 Å². The molecule has 0 aliphatic carbocycles. The zero-order chi connectivity index (χ0) is 17.8. The molecular weight excluding hydrogens is 320 g/mol. The Bertz CT molecular complexity index is 885. The van der Waals surface area contributed by atoms with E-state index in [0.29, 0.717) is 31.9 Å². The maximum atomic E-state index is 12.6. The predicted molar refractivity (Wildman–Crippen MR) is 92.1 cm³/mol. The van der Waals surface area contributed by atoms with E-state index in [1.807, 2.05) is 30.3 Å². The van der Waals surface area contributed by atoms with Gasteiger partial charge in [0.2, 0.25) is 5.91 Å². The van der Waals surface area contributed by atoms with E-state index in [9.17, 15) is 14.9 Å². The van der Waals surface area contributed by atoms with Crippen molar-refractivity contribution < 1.29 is 14.3 Å². The maximum absolute atomic E-state index is 12.6. The first kappa shape index (κ1) is 16.7. The topological polar surface area (TPSA) is 101 Å². The number of primary amides is 1. The van der Waals surface area contributed by atoms with Gasteiger partial charge in [0.1, 0.15) is 18.2 Å². The Kier molecular flexibility index (Phi) is 4.82. The van der Waals surface area contributed by atoms with E-state index >= 15 is 0 Å². The Morgan fingerprint density at radius 1 is 1.28 bits per heavy atom. The lowest BCUT2D eigenvalue weighted by Gasteiger charge is -2.26. The first-order valence-electron chi connectivity index (χ1n) is 7.95. The van der Waals surface area contributed by atoms with Crippen molar-refractivity contribution in [1.82, 2.24) is 9.47 Å². The number of para-hydroxylation sites is 1. The fraction of sp³-hybridized carbons (Fsp3) is 0.278. The van der Waals surface area contributed by atoms with E-state index in [0.717, 1.165) is 10.9 Å². The minimum atomic E-state index is -0.457. The molecule has 0 bridgehead atoms. The molecule has 0 radical (unpaired) electrons. The number of morpholine rings is 1. The molecule has 7 heteroatoms. The van der Waals surface area contributed by atoms with Gasteiger partial charge in [0.25, 0.3) is 5.91 Å². The number of carbonyl (C=O) groups excluding carboxylic acids is 2. The predicted octanol–water partition coefficient (Wildman–Crippen LogP) is 0.892. The van der Waals surface area contributed by atoms with Crippen molar-refractivity contribution in [3.63, 3.8) is 0 Å². The number of nitriles is 1. The second kappa shape index (κ2) is 7.20. The molecule has 3 rings (SSSR count). The summed E-state index contributed by atoms with van der Waals surface area (Å²) in [6, 6.07) is 9.46. The zero-order valence-electron chi connectivity index (χ0n) is 13.6. The largest absolute Gasteiger partial charge is 0.378 e. The summed E-state index contributed by atoms with van der Waals surface area (Å²) >= 11 is 0. The van der Waals surface area contributed by atoms with E-state index in [1.165, 1.54) is 0 Å². The van der Waals surface area contributed by atoms with Crippen LogP contribution in [0.2, 0.25) is 0 Å². The minimum absolute atomic E-state index is 0.0354. The molecule has 2 N–H and O–H groups in total. The van der Waals surface area contributed by atoms with Crippen LogP contribution in [0.5, 0.6) is 0 Å². The third-order valence-electron chi connectivity index (χ3n) is 4.09. The van der Waals surface area contributed by atoms with Gasteiger partial charge < -0.3 is 19.9 Å². The van der Waals surface area contributed by atoms with Crippen LogP contribution in [-0.4, -0.2) is 47.6 Å². The average molecular weight is 338 g/mol. The lowest BCUT2D eigenvalue weighted by Crippen LogP contribution is -2.41. The maximum Gasteiger partial charge on any atom is 0.264 e. The van der Waals surface area contributed by atoms with Crippen molar-refractivity contribution in [2.24, 2.45) is 5.73 Å². The molecule has 2 aromatic rings. The summed E-state index contributed by atoms with van der Waals surface area (Å²) in [5.41, 5.74) is 6.88. The van der Waals surface area contributed by atoms with Crippen LogP contribution in [0.1, 0.15) is 5.56 Å². The molecule has 7 nitrogen and oxygen atoms in total. The summed E-state index contributed by atoms with van der Waals surface area (Å²) in [7, 11) is 0. The number of hydrogen-bond donors (Lipinski definition) is 1. The summed E-state index contributed by atoms with van der Waals surface area (Å²) in [5.74, 6) is -0.765. The van der Waals surface area contributed by atoms with Gasteiger partial charge in [-0.2, -0.15) is 5.26 Å². The van der Waals surface area contributed by atoms with Crippen molar-refractivity contribution in [2.75, 3.05) is 26.3 Å². The molecule has 1 aromatic heterocycles. The van der Waals surface area contributed by atoms with E-state index in [-0.39, 0.29) is 18.0 Å². The number of hydrogen-bond acceptors (Lipinski definition) is 4. The van der Waals surface area contributed by atoms with Gasteiger partial charge in [-0.05, 0) is 12.1 Å². The third-order valence-corrected chi connectivity index (χ3v) is 4.09. The highest BCUT2D eigenvalue weighted by atomic mass is 16.5. The summed E-state index contributed by atoms with van der Waals surface area (Å²) in [4.78, 5) is 25.4. The molecule has 1 saturated heterocycles. The van der Waals surface area contributed by atoms with Crippen LogP contribution in [0.4, 0.5) is 0 Å². The second-order valence-electron chi connectivity index (χ2n) is 5.77. The van der Waals surface area contributed by atoms with Crippen LogP contribution in [0, 0.1) is 11.3 Å². The molecule has 1 fully saturated rings. The van der Waals surface area contributed by atoms with Crippen molar-refractivity contribution in [3.05, 3.63) is 41.6 Å². The first-order chi connectivity index (χ1) is 12.1. The van der Waals surface area contributed by atoms with E-state index in [2.05, 4.69) is 0 Å². The number of fused-ring (bicyclic) bond motifs is 1. The van der Waals surface area contributed by atoms with Crippen LogP contribution >= 0.6 is 0 Å². The summed E-state index contributed by atoms with van der Waals surface area (Å²) in [6.45, 7) is 1.93. The highest BCUT2D eigenvalue weighted by Gasteiger charge is 2.21. The molecular formula is C18H18N4O3. The lowest BCUT2D eigenvalue weighted by atomic mass is 10.1. The van der Waals surface area contributed by atoms with Gasteiger partial charge in [0.05, 0.1) is 13.2 Å². The molecule has 1 aliphatic heterocycles. The number of nitrogens with zero attached hydrogens (tertiary/aromatic N) is 3. The summed E-state index contributed by atoms with van der Waals surface area (Å²) in [5, 5.41) is 10.3. The molecule has 1 aliphatic rings. The highest BCUT2D eigenvalue weighted by Crippen LogP contribution is 2.24. The third kappa shape index (κ3) is 3.54. The fourth-order valence-electron chi connectivity index (χ4n) is 2.92. The van der Waals surface area contributed by atoms with Crippen LogP contribution in [0.3, 0.4) is 0 Å². The second-order valence-corrected chi connectivity index (χ2v) is 5.77. The molecule has 2 amide bonds. The van der Waals surface area contributed by atoms with Gasteiger partial charge in [0, 0.05) is 35.8 Å². The van der Waals surface area contributed by atoms with Crippen molar-refractivity contribution in [2.45, 2.75) is 6.54 Å². The molecule has 2 heterocycles. The number of amides is 2. The average Bonchev–Trinajstić information content (AvgIpc) is 2.97. The summed E-state index contributed by atoms with van der Waals surface area (Å²) < 4.78 is 6.96. The number of aromatic nitrogens is 1. The van der Waals surface area contributed by atoms with Gasteiger partial charge in [-0.25, -0.2) is 0 Å². The van der Waals surface area contributed by atoms with Crippen molar-refractivity contribution in [3.8, 4) is 6.07 Å². The van der Waals surface area contributed by atoms with Crippen LogP contribution in [-0.2, 0) is 20.9 Å². The highest BCUT2D eigenvalue weighted by molar-refractivity contribution is 6.04. The molecule has 1 aromatic carbocycles. The first-order valence-corrected chi connectivity index (χ1v) is 7.95. The van der Waals surface area contributed by atoms with Gasteiger partial charge >= 0.3 is 0 Å². The number of carbonyl (C=O) groups is 2. The number of nitrogens with two attached hydrogens (primary N) is 1. The molecule has 0 unspecified atom stereocenters. The van der Waals surface area contributed by atoms with Gasteiger partial charge in [-0.3, -0.25) is 9.59 Å². The number of benzene rings is 1. The Balaban J connectivity index is 1.99. The minimum Gasteiger partial charge on any atom is -0.378 e. The summed E-state index contributed by atoms with van der Waals surface area (Å²) in [6.07, 6.45) is 3.30. The lowest BCUT2D eigenvalue weighted by molar-refractivity contribution is -0.130. The molecule has 25 heavy (non-hydrogen) atoms. The zero-order valence-corrected chi connectivity index (χ0v) is 13.6. The van der Waals surface area contributed by atoms with Crippen LogP contribution < -0.4 is 5.73 Å². The monoisotopic (exact) mass is 338 g/mol. The Hall–Kier alpha value is -3.11. The van der Waals surface area contributed by atoms with E-state index in [1.54, 1.807) is 21.7 Å². The Morgan fingerprint density at radius 2 is 2.00 bits per heavy atom.